The van der Waals surface area contributed by atoms with Crippen LogP contribution in [0.3, 0.4) is 0 Å². The van der Waals surface area contributed by atoms with E-state index in [1.165, 1.54) is 4.57 Å². The summed E-state index contributed by atoms with van der Waals surface area (Å²) in [7, 11) is -8.92. The molecule has 21 heavy (non-hydrogen) atoms. The summed E-state index contributed by atoms with van der Waals surface area (Å²) < 4.78 is 24.4. The summed E-state index contributed by atoms with van der Waals surface area (Å²) in [6.07, 6.45) is 3.13. The Morgan fingerprint density at radius 2 is 2.00 bits per heavy atom. The van der Waals surface area contributed by atoms with E-state index in [9.17, 15) is 18.9 Å². The van der Waals surface area contributed by atoms with Gasteiger partial charge in [0.1, 0.15) is 0 Å². The van der Waals surface area contributed by atoms with Crippen molar-refractivity contribution in [1.82, 2.24) is 0 Å². The van der Waals surface area contributed by atoms with Crippen LogP contribution in [0.25, 0.3) is 0 Å². The topological polar surface area (TPSA) is 102 Å². The molecule has 0 aliphatic heterocycles. The van der Waals surface area contributed by atoms with E-state index in [1.54, 1.807) is 24.5 Å². The lowest BCUT2D eigenvalue weighted by atomic mass is 10.2. The molecule has 8 heteroatoms. The SMILES string of the molecule is CC(C)C#Cc1ccc[n+](CC(P(C)(=O)O)P(=O)([O-])O)c1. The van der Waals surface area contributed by atoms with Crippen LogP contribution in [-0.2, 0) is 15.7 Å². The zero-order valence-corrected chi connectivity index (χ0v) is 13.9. The van der Waals surface area contributed by atoms with E-state index in [4.69, 9.17) is 4.89 Å². The summed E-state index contributed by atoms with van der Waals surface area (Å²) >= 11 is 0. The summed E-state index contributed by atoms with van der Waals surface area (Å²) in [6.45, 7) is 4.50. The number of rotatable bonds is 4. The summed E-state index contributed by atoms with van der Waals surface area (Å²) in [5.41, 5.74) is 0.660. The summed E-state index contributed by atoms with van der Waals surface area (Å²) in [4.78, 5) is 29.9. The van der Waals surface area contributed by atoms with Crippen molar-refractivity contribution in [1.29, 1.82) is 0 Å². The number of hydrogen-bond acceptors (Lipinski definition) is 3. The number of pyridine rings is 1. The zero-order chi connectivity index (χ0) is 16.3. The fourth-order valence-corrected chi connectivity index (χ4v) is 4.70. The normalized spacial score (nSPS) is 18.2. The van der Waals surface area contributed by atoms with Crippen LogP contribution in [0.4, 0.5) is 0 Å². The van der Waals surface area contributed by atoms with E-state index in [0.717, 1.165) is 6.66 Å². The standard InChI is InChI=1S/C13H19NO5P2/c1-11(2)6-7-12-5-4-8-14(9-12)10-13(20(3,15)16)21(17,18)19/h4-5,8-9,11,13H,10H2,1-3H3,(H2-,15,16,17,18,19). The van der Waals surface area contributed by atoms with Crippen LogP contribution in [0.2, 0.25) is 0 Å². The molecule has 0 saturated carbocycles. The van der Waals surface area contributed by atoms with Crippen LogP contribution < -0.4 is 9.46 Å². The lowest BCUT2D eigenvalue weighted by Crippen LogP contribution is -2.40. The maximum absolute atomic E-state index is 11.6. The fourth-order valence-electron chi connectivity index (χ4n) is 1.65. The predicted octanol–water partition coefficient (Wildman–Crippen LogP) is 0.754. The fraction of sp³-hybridized carbons (Fsp3) is 0.462. The van der Waals surface area contributed by atoms with Gasteiger partial charge in [0.25, 0.3) is 0 Å². The molecule has 0 radical (unpaired) electrons. The average molecular weight is 331 g/mol. The first-order valence-corrected chi connectivity index (χ1v) is 10.2. The molecule has 0 amide bonds. The lowest BCUT2D eigenvalue weighted by molar-refractivity contribution is -0.694. The van der Waals surface area contributed by atoms with Crippen molar-refractivity contribution >= 4 is 15.0 Å². The van der Waals surface area contributed by atoms with Crippen LogP contribution in [0.5, 0.6) is 0 Å². The van der Waals surface area contributed by atoms with Gasteiger partial charge >= 0.3 is 0 Å². The van der Waals surface area contributed by atoms with Gasteiger partial charge in [-0.1, -0.05) is 25.7 Å². The predicted molar refractivity (Wildman–Crippen MR) is 77.7 cm³/mol. The molecule has 1 rings (SSSR count). The van der Waals surface area contributed by atoms with Gasteiger partial charge in [0.2, 0.25) is 7.37 Å². The van der Waals surface area contributed by atoms with Gasteiger partial charge < -0.3 is 19.2 Å². The summed E-state index contributed by atoms with van der Waals surface area (Å²) in [5.74, 6) is 6.09. The molecule has 0 fully saturated rings. The monoisotopic (exact) mass is 331 g/mol. The Bertz CT molecular complexity index is 628. The van der Waals surface area contributed by atoms with E-state index in [1.807, 2.05) is 13.8 Å². The minimum absolute atomic E-state index is 0.194. The third-order valence-electron chi connectivity index (χ3n) is 2.67. The van der Waals surface area contributed by atoms with Crippen molar-refractivity contribution in [3.05, 3.63) is 30.1 Å². The van der Waals surface area contributed by atoms with Crippen LogP contribution in [-0.4, -0.2) is 21.9 Å². The first kappa shape index (κ1) is 18.1. The molecule has 0 aliphatic carbocycles. The first-order chi connectivity index (χ1) is 9.50. The highest BCUT2D eigenvalue weighted by molar-refractivity contribution is 7.72. The Labute approximate surface area is 124 Å². The number of hydrogen-bond donors (Lipinski definition) is 2. The summed E-state index contributed by atoms with van der Waals surface area (Å²) in [6, 6.07) is 3.41. The van der Waals surface area contributed by atoms with Gasteiger partial charge in [0.15, 0.2) is 31.9 Å². The molecule has 3 atom stereocenters. The minimum atomic E-state index is -4.93. The highest BCUT2D eigenvalue weighted by Crippen LogP contribution is 2.57. The molecule has 0 aliphatic rings. The quantitative estimate of drug-likeness (QED) is 0.482. The van der Waals surface area contributed by atoms with Gasteiger partial charge in [-0.2, -0.15) is 0 Å². The third-order valence-corrected chi connectivity index (χ3v) is 7.01. The molecule has 116 valence electrons. The van der Waals surface area contributed by atoms with Gasteiger partial charge in [-0.05, 0) is 6.07 Å². The maximum Gasteiger partial charge on any atom is 0.215 e. The molecule has 1 aromatic rings. The molecule has 0 bridgehead atoms. The van der Waals surface area contributed by atoms with Crippen LogP contribution >= 0.6 is 15.0 Å². The molecule has 0 aromatic carbocycles. The van der Waals surface area contributed by atoms with Crippen LogP contribution in [0.15, 0.2) is 24.5 Å². The second-order valence-corrected chi connectivity index (χ2v) is 9.87. The van der Waals surface area contributed by atoms with Gasteiger partial charge in [0.05, 0.1) is 5.56 Å². The highest BCUT2D eigenvalue weighted by Gasteiger charge is 2.37. The van der Waals surface area contributed by atoms with Crippen molar-refractivity contribution in [3.8, 4) is 11.8 Å². The molecular weight excluding hydrogens is 312 g/mol. The van der Waals surface area contributed by atoms with Crippen LogP contribution in [0, 0.1) is 17.8 Å². The lowest BCUT2D eigenvalue weighted by Gasteiger charge is -2.26. The van der Waals surface area contributed by atoms with Gasteiger partial charge in [-0.25, -0.2) is 4.57 Å². The van der Waals surface area contributed by atoms with Crippen molar-refractivity contribution < 1.29 is 28.4 Å². The van der Waals surface area contributed by atoms with Gasteiger partial charge in [0, 0.05) is 18.6 Å². The number of nitrogens with zero attached hydrogens (tertiary/aromatic N) is 1. The third kappa shape index (κ3) is 6.13. The Morgan fingerprint density at radius 1 is 1.38 bits per heavy atom. The van der Waals surface area contributed by atoms with E-state index in [2.05, 4.69) is 11.8 Å². The van der Waals surface area contributed by atoms with Crippen molar-refractivity contribution in [2.75, 3.05) is 6.66 Å². The first-order valence-electron chi connectivity index (χ1n) is 6.34. The van der Waals surface area contributed by atoms with Gasteiger partial charge in [-0.3, -0.25) is 4.57 Å². The minimum Gasteiger partial charge on any atom is -0.778 e. The van der Waals surface area contributed by atoms with E-state index < -0.39 is 20.4 Å². The van der Waals surface area contributed by atoms with Crippen LogP contribution in [0.1, 0.15) is 19.4 Å². The molecule has 6 nitrogen and oxygen atoms in total. The van der Waals surface area contributed by atoms with E-state index >= 15 is 0 Å². The van der Waals surface area contributed by atoms with Crippen molar-refractivity contribution in [2.45, 2.75) is 25.8 Å². The van der Waals surface area contributed by atoms with E-state index in [-0.39, 0.29) is 12.5 Å². The molecule has 1 aromatic heterocycles. The Balaban J connectivity index is 3.07. The molecule has 0 spiro atoms. The van der Waals surface area contributed by atoms with Crippen molar-refractivity contribution in [3.63, 3.8) is 0 Å². The molecule has 0 saturated heterocycles. The zero-order valence-electron chi connectivity index (χ0n) is 12.1. The largest absolute Gasteiger partial charge is 0.778 e. The van der Waals surface area contributed by atoms with Gasteiger partial charge in [-0.15, -0.1) is 0 Å². The Hall–Kier alpha value is -0.950. The Kier molecular flexibility index (Phi) is 5.92. The summed E-state index contributed by atoms with van der Waals surface area (Å²) in [5, 5.41) is -1.73. The Morgan fingerprint density at radius 3 is 2.48 bits per heavy atom. The second-order valence-electron chi connectivity index (χ2n) is 5.20. The number of aromatic nitrogens is 1. The maximum atomic E-state index is 11.6. The average Bonchev–Trinajstić information content (AvgIpc) is 2.31. The van der Waals surface area contributed by atoms with Crippen molar-refractivity contribution in [2.24, 2.45) is 5.92 Å². The smallest absolute Gasteiger partial charge is 0.215 e. The molecule has 1 heterocycles. The second kappa shape index (κ2) is 6.87. The molecule has 3 unspecified atom stereocenters. The highest BCUT2D eigenvalue weighted by atomic mass is 31.2. The molecule has 2 N–H and O–H groups in total. The van der Waals surface area contributed by atoms with E-state index in [0.29, 0.717) is 5.56 Å². The molecular formula is C13H19NO5P2.